The van der Waals surface area contributed by atoms with Crippen molar-refractivity contribution >= 4 is 11.3 Å². The lowest BCUT2D eigenvalue weighted by Gasteiger charge is -2.19. The predicted octanol–water partition coefficient (Wildman–Crippen LogP) is 3.11. The Morgan fingerprint density at radius 1 is 1.25 bits per heavy atom. The summed E-state index contributed by atoms with van der Waals surface area (Å²) in [5.74, 6) is 0.903. The van der Waals surface area contributed by atoms with Gasteiger partial charge in [-0.3, -0.25) is 4.90 Å². The number of likely N-dealkylation sites (N-methyl/N-ethyl adjacent to an activating group) is 1. The molecule has 0 amide bonds. The van der Waals surface area contributed by atoms with Crippen LogP contribution >= 0.6 is 11.3 Å². The van der Waals surface area contributed by atoms with E-state index in [2.05, 4.69) is 29.3 Å². The van der Waals surface area contributed by atoms with Crippen LogP contribution in [0.5, 0.6) is 5.75 Å². The van der Waals surface area contributed by atoms with E-state index in [-0.39, 0.29) is 0 Å². The molecule has 1 aromatic heterocycles. The lowest BCUT2D eigenvalue weighted by molar-refractivity contribution is 0.211. The van der Waals surface area contributed by atoms with E-state index in [1.165, 1.54) is 4.88 Å². The Morgan fingerprint density at radius 2 is 2.15 bits per heavy atom. The molecule has 0 saturated carbocycles. The van der Waals surface area contributed by atoms with E-state index < -0.39 is 0 Å². The van der Waals surface area contributed by atoms with E-state index in [9.17, 15) is 0 Å². The van der Waals surface area contributed by atoms with Crippen molar-refractivity contribution in [1.82, 2.24) is 4.90 Å². The summed E-state index contributed by atoms with van der Waals surface area (Å²) < 4.78 is 5.81. The van der Waals surface area contributed by atoms with Crippen LogP contribution in [0.15, 0.2) is 41.8 Å². The molecule has 0 aliphatic heterocycles. The molecular formula is C16H22N2OS. The van der Waals surface area contributed by atoms with Crippen LogP contribution in [0.2, 0.25) is 0 Å². The average Bonchev–Trinajstić information content (AvgIpc) is 2.99. The number of nitrogens with zero attached hydrogens (tertiary/aromatic N) is 1. The Bertz CT molecular complexity index is 499. The Hall–Kier alpha value is -1.36. The van der Waals surface area contributed by atoms with Gasteiger partial charge in [0, 0.05) is 24.5 Å². The zero-order chi connectivity index (χ0) is 14.2. The molecule has 1 heterocycles. The highest BCUT2D eigenvalue weighted by Gasteiger charge is 2.05. The van der Waals surface area contributed by atoms with E-state index in [1.54, 1.807) is 11.3 Å². The third-order valence-corrected chi connectivity index (χ3v) is 4.08. The topological polar surface area (TPSA) is 38.5 Å². The maximum Gasteiger partial charge on any atom is 0.119 e. The van der Waals surface area contributed by atoms with E-state index in [1.807, 2.05) is 24.3 Å². The minimum absolute atomic E-state index is 0.552. The number of rotatable bonds is 8. The molecule has 0 atom stereocenters. The molecule has 0 bridgehead atoms. The first-order valence-electron chi connectivity index (χ1n) is 6.98. The van der Waals surface area contributed by atoms with E-state index in [0.717, 1.165) is 30.9 Å². The number of hydrogen-bond donors (Lipinski definition) is 1. The molecule has 1 aromatic carbocycles. The molecule has 2 rings (SSSR count). The van der Waals surface area contributed by atoms with Gasteiger partial charge in [-0.05, 0) is 35.7 Å². The fourth-order valence-electron chi connectivity index (χ4n) is 2.03. The second-order valence-electron chi connectivity index (χ2n) is 4.65. The average molecular weight is 290 g/mol. The summed E-state index contributed by atoms with van der Waals surface area (Å²) in [5, 5.41) is 2.12. The molecule has 0 unspecified atom stereocenters. The number of hydrogen-bond acceptors (Lipinski definition) is 4. The normalized spacial score (nSPS) is 10.9. The molecule has 0 aliphatic rings. The molecule has 0 aliphatic carbocycles. The van der Waals surface area contributed by atoms with Crippen molar-refractivity contribution in [2.45, 2.75) is 20.0 Å². The molecule has 3 nitrogen and oxygen atoms in total. The zero-order valence-corrected chi connectivity index (χ0v) is 12.7. The summed E-state index contributed by atoms with van der Waals surface area (Å²) in [6, 6.07) is 12.3. The Morgan fingerprint density at radius 3 is 2.85 bits per heavy atom. The van der Waals surface area contributed by atoms with Gasteiger partial charge >= 0.3 is 0 Å². The highest BCUT2D eigenvalue weighted by molar-refractivity contribution is 7.09. The molecule has 4 heteroatoms. The maximum atomic E-state index is 5.81. The van der Waals surface area contributed by atoms with Crippen molar-refractivity contribution in [3.05, 3.63) is 52.2 Å². The summed E-state index contributed by atoms with van der Waals surface area (Å²) >= 11 is 1.81. The molecular weight excluding hydrogens is 268 g/mol. The number of ether oxygens (including phenoxy) is 1. The van der Waals surface area contributed by atoms with E-state index >= 15 is 0 Å². The predicted molar refractivity (Wildman–Crippen MR) is 85.1 cm³/mol. The highest BCUT2D eigenvalue weighted by atomic mass is 32.1. The quantitative estimate of drug-likeness (QED) is 0.812. The van der Waals surface area contributed by atoms with Crippen LogP contribution in [0.1, 0.15) is 17.4 Å². The van der Waals surface area contributed by atoms with Crippen LogP contribution in [0.4, 0.5) is 0 Å². The largest absolute Gasteiger partial charge is 0.492 e. The smallest absolute Gasteiger partial charge is 0.119 e. The molecule has 108 valence electrons. The van der Waals surface area contributed by atoms with Crippen molar-refractivity contribution in [2.75, 3.05) is 19.7 Å². The number of nitrogens with two attached hydrogens (primary N) is 1. The van der Waals surface area contributed by atoms with Crippen LogP contribution in [0.3, 0.4) is 0 Å². The van der Waals surface area contributed by atoms with Gasteiger partial charge in [0.1, 0.15) is 12.4 Å². The second kappa shape index (κ2) is 8.04. The molecule has 20 heavy (non-hydrogen) atoms. The van der Waals surface area contributed by atoms with Crippen LogP contribution in [-0.2, 0) is 13.1 Å². The Balaban J connectivity index is 1.78. The van der Waals surface area contributed by atoms with Gasteiger partial charge in [-0.2, -0.15) is 0 Å². The monoisotopic (exact) mass is 290 g/mol. The molecule has 0 spiro atoms. The van der Waals surface area contributed by atoms with Gasteiger partial charge in [0.05, 0.1) is 0 Å². The van der Waals surface area contributed by atoms with Crippen LogP contribution in [-0.4, -0.2) is 24.6 Å². The summed E-state index contributed by atoms with van der Waals surface area (Å²) in [5.41, 5.74) is 6.74. The van der Waals surface area contributed by atoms with Crippen LogP contribution in [0.25, 0.3) is 0 Å². The lowest BCUT2D eigenvalue weighted by atomic mass is 10.2. The summed E-state index contributed by atoms with van der Waals surface area (Å²) in [6.45, 7) is 6.40. The fraction of sp³-hybridized carbons (Fsp3) is 0.375. The first-order valence-corrected chi connectivity index (χ1v) is 7.86. The van der Waals surface area contributed by atoms with Gasteiger partial charge in [0.15, 0.2) is 0 Å². The summed E-state index contributed by atoms with van der Waals surface area (Å²) in [4.78, 5) is 3.79. The van der Waals surface area contributed by atoms with Crippen LogP contribution in [0, 0.1) is 0 Å². The van der Waals surface area contributed by atoms with Gasteiger partial charge in [-0.25, -0.2) is 0 Å². The van der Waals surface area contributed by atoms with Crippen LogP contribution < -0.4 is 10.5 Å². The highest BCUT2D eigenvalue weighted by Crippen LogP contribution is 2.14. The number of thiophene rings is 1. The third kappa shape index (κ3) is 4.63. The fourth-order valence-corrected chi connectivity index (χ4v) is 2.77. The molecule has 0 radical (unpaired) electrons. The van der Waals surface area contributed by atoms with Gasteiger partial charge in [0.2, 0.25) is 0 Å². The zero-order valence-electron chi connectivity index (χ0n) is 11.9. The second-order valence-corrected chi connectivity index (χ2v) is 5.68. The van der Waals surface area contributed by atoms with Crippen molar-refractivity contribution < 1.29 is 4.74 Å². The molecule has 0 saturated heterocycles. The molecule has 0 fully saturated rings. The number of benzene rings is 1. The van der Waals surface area contributed by atoms with Gasteiger partial charge < -0.3 is 10.5 Å². The summed E-state index contributed by atoms with van der Waals surface area (Å²) in [7, 11) is 0. The minimum atomic E-state index is 0.552. The van der Waals surface area contributed by atoms with Crippen molar-refractivity contribution in [2.24, 2.45) is 5.73 Å². The SMILES string of the molecule is CCN(CCOc1cccc(CN)c1)Cc1cccs1. The Labute approximate surface area is 125 Å². The maximum absolute atomic E-state index is 5.81. The standard InChI is InChI=1S/C16H22N2OS/c1-2-18(13-16-7-4-10-20-16)8-9-19-15-6-3-5-14(11-15)12-17/h3-7,10-11H,2,8-9,12-13,17H2,1H3. The van der Waals surface area contributed by atoms with Gasteiger partial charge in [-0.15, -0.1) is 11.3 Å². The van der Waals surface area contributed by atoms with Crippen molar-refractivity contribution in [3.63, 3.8) is 0 Å². The summed E-state index contributed by atoms with van der Waals surface area (Å²) in [6.07, 6.45) is 0. The molecule has 2 aromatic rings. The van der Waals surface area contributed by atoms with Gasteiger partial charge in [-0.1, -0.05) is 25.1 Å². The molecule has 2 N–H and O–H groups in total. The van der Waals surface area contributed by atoms with Gasteiger partial charge in [0.25, 0.3) is 0 Å². The third-order valence-electron chi connectivity index (χ3n) is 3.22. The van der Waals surface area contributed by atoms with Crippen molar-refractivity contribution in [1.29, 1.82) is 0 Å². The first kappa shape index (κ1) is 15.0. The lowest BCUT2D eigenvalue weighted by Crippen LogP contribution is -2.27. The first-order chi connectivity index (χ1) is 9.81. The van der Waals surface area contributed by atoms with E-state index in [0.29, 0.717) is 13.2 Å². The Kier molecular flexibility index (Phi) is 6.05. The van der Waals surface area contributed by atoms with Crippen molar-refractivity contribution in [3.8, 4) is 5.75 Å². The van der Waals surface area contributed by atoms with E-state index in [4.69, 9.17) is 10.5 Å². The minimum Gasteiger partial charge on any atom is -0.492 e.